The minimum absolute atomic E-state index is 0.00453. The van der Waals surface area contributed by atoms with Crippen LogP contribution in [0.5, 0.6) is 0 Å². The van der Waals surface area contributed by atoms with Crippen molar-refractivity contribution in [1.82, 2.24) is 0 Å². The predicted molar refractivity (Wildman–Crippen MR) is 151 cm³/mol. The number of nitriles is 1. The number of carbonyl (C=O) groups is 3. The average Bonchev–Trinajstić information content (AvgIpc) is 2.98. The number of aliphatic hydroxyl groups is 1. The van der Waals surface area contributed by atoms with Gasteiger partial charge < -0.3 is 30.0 Å². The number of allylic oxidation sites excluding steroid dienone is 1. The van der Waals surface area contributed by atoms with E-state index in [2.05, 4.69) is 0 Å². The Labute approximate surface area is 252 Å². The van der Waals surface area contributed by atoms with Gasteiger partial charge in [0.15, 0.2) is 6.10 Å². The minimum atomic E-state index is -4.72. The van der Waals surface area contributed by atoms with Crippen LogP contribution in [0, 0.1) is 11.3 Å². The Morgan fingerprint density at radius 3 is 2.30 bits per heavy atom. The number of ketones is 1. The monoisotopic (exact) mass is 615 g/mol. The first-order chi connectivity index (χ1) is 20.8. The third-order valence-corrected chi connectivity index (χ3v) is 6.93. The summed E-state index contributed by atoms with van der Waals surface area (Å²) in [4.78, 5) is 41.2. The number of Topliss-reactive ketones (excluding diaryl/α,β-unsaturated/α-hetero) is 1. The van der Waals surface area contributed by atoms with Crippen LogP contribution in [0.3, 0.4) is 0 Å². The van der Waals surface area contributed by atoms with Gasteiger partial charge in [0.1, 0.15) is 18.5 Å². The summed E-state index contributed by atoms with van der Waals surface area (Å²) in [6, 6.07) is 12.0. The molecule has 1 heterocycles. The topological polar surface area (TPSA) is 152 Å². The molecular formula is C31H32F3N3O7. The van der Waals surface area contributed by atoms with Crippen LogP contribution in [0.2, 0.25) is 0 Å². The second-order valence-electron chi connectivity index (χ2n) is 9.86. The maximum absolute atomic E-state index is 13.9. The van der Waals surface area contributed by atoms with E-state index in [0.29, 0.717) is 5.56 Å². The van der Waals surface area contributed by atoms with Crippen LogP contribution in [0.4, 0.5) is 18.9 Å². The van der Waals surface area contributed by atoms with Gasteiger partial charge in [-0.2, -0.15) is 18.4 Å². The molecule has 0 radical (unpaired) electrons. The number of hydrogen-bond acceptors (Lipinski definition) is 10. The third kappa shape index (κ3) is 7.27. The molecule has 2 aromatic carbocycles. The highest BCUT2D eigenvalue weighted by Crippen LogP contribution is 2.44. The molecule has 10 nitrogen and oxygen atoms in total. The molecule has 234 valence electrons. The zero-order valence-corrected chi connectivity index (χ0v) is 24.5. The second kappa shape index (κ2) is 14.2. The molecule has 0 aliphatic carbocycles. The van der Waals surface area contributed by atoms with E-state index in [1.807, 2.05) is 6.07 Å². The summed E-state index contributed by atoms with van der Waals surface area (Å²) in [7, 11) is 1.38. The van der Waals surface area contributed by atoms with Crippen molar-refractivity contribution in [2.24, 2.45) is 5.73 Å². The number of methoxy groups -OCH3 is 1. The standard InChI is InChI=1S/C31H32F3N3O7/c1-5-23(27(39)18(3)38)44-30(41)24-17(2)37(22-8-6-7-21(15-22)31(32,33)34)28(36)26(29(40)43-14-13-42-4)25(24)20-11-9-19(16-35)10-12-20/h6-12,15,18,23,25,38H,5,13-14,36H2,1-4H3/t18?,23-,25?/m0/s1. The summed E-state index contributed by atoms with van der Waals surface area (Å²) < 4.78 is 56.9. The quantitative estimate of drug-likeness (QED) is 0.279. The molecule has 1 aliphatic rings. The highest BCUT2D eigenvalue weighted by atomic mass is 19.4. The van der Waals surface area contributed by atoms with Crippen LogP contribution < -0.4 is 10.6 Å². The first-order valence-electron chi connectivity index (χ1n) is 13.5. The van der Waals surface area contributed by atoms with Crippen LogP contribution >= 0.6 is 0 Å². The lowest BCUT2D eigenvalue weighted by Crippen LogP contribution is -2.41. The highest BCUT2D eigenvalue weighted by Gasteiger charge is 2.43. The number of aliphatic hydroxyl groups excluding tert-OH is 1. The molecule has 0 spiro atoms. The van der Waals surface area contributed by atoms with Gasteiger partial charge in [0.2, 0.25) is 5.78 Å². The van der Waals surface area contributed by atoms with Gasteiger partial charge in [0, 0.05) is 18.5 Å². The Balaban J connectivity index is 2.33. The number of rotatable bonds is 11. The SMILES string of the molecule is CC[C@H](OC(=O)C1=C(C)N(c2cccc(C(F)(F)F)c2)C(N)=C(C(=O)OCCOC)C1c1ccc(C#N)cc1)C(=O)C(C)O. The van der Waals surface area contributed by atoms with Crippen LogP contribution in [0.1, 0.15) is 49.8 Å². The van der Waals surface area contributed by atoms with Crippen molar-refractivity contribution in [3.8, 4) is 6.07 Å². The van der Waals surface area contributed by atoms with E-state index in [-0.39, 0.29) is 53.5 Å². The van der Waals surface area contributed by atoms with Crippen molar-refractivity contribution in [1.29, 1.82) is 5.26 Å². The van der Waals surface area contributed by atoms with Crippen molar-refractivity contribution in [3.63, 3.8) is 0 Å². The van der Waals surface area contributed by atoms with E-state index in [4.69, 9.17) is 19.9 Å². The molecule has 44 heavy (non-hydrogen) atoms. The number of anilines is 1. The fraction of sp³-hybridized carbons (Fsp3) is 0.355. The predicted octanol–water partition coefficient (Wildman–Crippen LogP) is 4.09. The molecule has 0 fully saturated rings. The van der Waals surface area contributed by atoms with E-state index >= 15 is 0 Å². The maximum atomic E-state index is 13.9. The Morgan fingerprint density at radius 1 is 1.09 bits per heavy atom. The number of benzene rings is 2. The molecule has 3 atom stereocenters. The first-order valence-corrected chi connectivity index (χ1v) is 13.5. The van der Waals surface area contributed by atoms with E-state index in [9.17, 15) is 37.9 Å². The second-order valence-corrected chi connectivity index (χ2v) is 9.86. The molecule has 0 saturated heterocycles. The summed E-state index contributed by atoms with van der Waals surface area (Å²) in [5.74, 6) is -4.44. The fourth-order valence-electron chi connectivity index (χ4n) is 4.75. The molecule has 2 aromatic rings. The summed E-state index contributed by atoms with van der Waals surface area (Å²) in [6.45, 7) is 3.99. The van der Waals surface area contributed by atoms with Gasteiger partial charge >= 0.3 is 18.1 Å². The molecular weight excluding hydrogens is 583 g/mol. The third-order valence-electron chi connectivity index (χ3n) is 6.93. The van der Waals surface area contributed by atoms with Crippen molar-refractivity contribution in [2.45, 2.75) is 51.5 Å². The van der Waals surface area contributed by atoms with Gasteiger partial charge in [0.25, 0.3) is 0 Å². The zero-order chi connectivity index (χ0) is 32.8. The average molecular weight is 616 g/mol. The van der Waals surface area contributed by atoms with Crippen molar-refractivity contribution in [3.05, 3.63) is 87.9 Å². The molecule has 1 aliphatic heterocycles. The summed E-state index contributed by atoms with van der Waals surface area (Å²) >= 11 is 0. The van der Waals surface area contributed by atoms with Crippen molar-refractivity contribution < 1.29 is 46.9 Å². The summed E-state index contributed by atoms with van der Waals surface area (Å²) in [5, 5.41) is 19.1. The van der Waals surface area contributed by atoms with Crippen LogP contribution in [0.25, 0.3) is 0 Å². The highest BCUT2D eigenvalue weighted by molar-refractivity contribution is 6.02. The van der Waals surface area contributed by atoms with E-state index in [0.717, 1.165) is 23.1 Å². The van der Waals surface area contributed by atoms with E-state index < -0.39 is 47.6 Å². The molecule has 3 N–H and O–H groups in total. The number of halogens is 3. The largest absolute Gasteiger partial charge is 0.460 e. The Hall–Kier alpha value is -4.67. The number of esters is 2. The first kappa shape index (κ1) is 33.8. The lowest BCUT2D eigenvalue weighted by molar-refractivity contribution is -0.154. The van der Waals surface area contributed by atoms with Gasteiger partial charge in [-0.25, -0.2) is 9.59 Å². The number of alkyl halides is 3. The van der Waals surface area contributed by atoms with Crippen LogP contribution in [-0.2, 0) is 34.8 Å². The van der Waals surface area contributed by atoms with Gasteiger partial charge in [-0.1, -0.05) is 25.1 Å². The normalized spacial score (nSPS) is 16.7. The van der Waals surface area contributed by atoms with Gasteiger partial charge in [-0.3, -0.25) is 4.79 Å². The van der Waals surface area contributed by atoms with Gasteiger partial charge in [0.05, 0.1) is 40.9 Å². The summed E-state index contributed by atoms with van der Waals surface area (Å²) in [5.41, 5.74) is 5.47. The molecule has 0 amide bonds. The fourth-order valence-corrected chi connectivity index (χ4v) is 4.75. The van der Waals surface area contributed by atoms with Crippen molar-refractivity contribution in [2.75, 3.05) is 25.2 Å². The molecule has 0 saturated carbocycles. The van der Waals surface area contributed by atoms with Crippen LogP contribution in [0.15, 0.2) is 71.2 Å². The summed E-state index contributed by atoms with van der Waals surface area (Å²) in [6.07, 6.45) is -7.53. The number of hydrogen-bond donors (Lipinski definition) is 2. The van der Waals surface area contributed by atoms with E-state index in [1.165, 1.54) is 51.3 Å². The molecule has 13 heteroatoms. The van der Waals surface area contributed by atoms with E-state index in [1.54, 1.807) is 6.92 Å². The number of ether oxygens (including phenoxy) is 3. The number of nitrogens with two attached hydrogens (primary N) is 1. The zero-order valence-electron chi connectivity index (χ0n) is 24.5. The molecule has 2 unspecified atom stereocenters. The molecule has 3 rings (SSSR count). The lowest BCUT2D eigenvalue weighted by atomic mass is 9.80. The van der Waals surface area contributed by atoms with Crippen LogP contribution in [-0.4, -0.2) is 55.4 Å². The minimum Gasteiger partial charge on any atom is -0.460 e. The Kier molecular flexibility index (Phi) is 10.9. The van der Waals surface area contributed by atoms with Gasteiger partial charge in [-0.15, -0.1) is 0 Å². The van der Waals surface area contributed by atoms with Gasteiger partial charge in [-0.05, 0) is 56.2 Å². The Morgan fingerprint density at radius 2 is 1.75 bits per heavy atom. The molecule has 0 bridgehead atoms. The lowest BCUT2D eigenvalue weighted by Gasteiger charge is -2.37. The number of carbonyl (C=O) groups excluding carboxylic acids is 3. The number of nitrogens with zero attached hydrogens (tertiary/aromatic N) is 2. The maximum Gasteiger partial charge on any atom is 0.416 e. The van der Waals surface area contributed by atoms with Crippen molar-refractivity contribution >= 4 is 23.4 Å². The smallest absolute Gasteiger partial charge is 0.416 e. The Bertz CT molecular complexity index is 1510. The molecule has 0 aromatic heterocycles.